The monoisotopic (exact) mass is 843 g/mol. The van der Waals surface area contributed by atoms with Crippen molar-refractivity contribution in [3.8, 4) is 11.4 Å². The molecular weight excluding hydrogens is 797 g/mol. The Hall–Kier alpha value is -4.98. The topological polar surface area (TPSA) is 63.3 Å². The number of aliphatic hydroxyl groups is 2. The van der Waals surface area contributed by atoms with Crippen LogP contribution in [0.5, 0.6) is 0 Å². The summed E-state index contributed by atoms with van der Waals surface area (Å²) in [5, 5.41) is 22.2. The van der Waals surface area contributed by atoms with Crippen LogP contribution >= 0.6 is 0 Å². The fourth-order valence-electron chi connectivity index (χ4n) is 8.42. The third-order valence-corrected chi connectivity index (χ3v) is 11.5. The molecule has 2 aromatic heterocycles. The zero-order valence-electron chi connectivity index (χ0n) is 33.2. The van der Waals surface area contributed by atoms with E-state index in [1.165, 1.54) is 43.6 Å². The maximum absolute atomic E-state index is 8.56. The van der Waals surface area contributed by atoms with E-state index in [4.69, 9.17) is 10.2 Å². The minimum atomic E-state index is -0.375. The Morgan fingerprint density at radius 3 is 1.26 bits per heavy atom. The van der Waals surface area contributed by atoms with E-state index in [1.54, 1.807) is 13.8 Å². The van der Waals surface area contributed by atoms with Crippen LogP contribution in [0.2, 0.25) is 0 Å². The van der Waals surface area contributed by atoms with Gasteiger partial charge in [0.15, 0.2) is 0 Å². The Kier molecular flexibility index (Phi) is 11.0. The number of aromatic nitrogens is 2. The van der Waals surface area contributed by atoms with Crippen LogP contribution in [0.1, 0.15) is 20.3 Å². The zero-order valence-corrected chi connectivity index (χ0v) is 34.7. The Morgan fingerprint density at radius 2 is 0.895 bits per heavy atom. The van der Waals surface area contributed by atoms with Gasteiger partial charge in [-0.25, -0.2) is 0 Å². The Balaban J connectivity index is 0.000000598. The average molecular weight is 844 g/mol. The van der Waals surface area contributed by atoms with Crippen molar-refractivity contribution in [3.05, 3.63) is 146 Å². The van der Waals surface area contributed by atoms with Gasteiger partial charge in [0.05, 0.1) is 12.2 Å². The molecular formula is C46H47B2N6O2Pd-. The Morgan fingerprint density at radius 1 is 0.526 bits per heavy atom. The summed E-state index contributed by atoms with van der Waals surface area (Å²) in [5.41, 5.74) is 9.16. The molecule has 0 radical (unpaired) electrons. The van der Waals surface area contributed by atoms with Crippen molar-refractivity contribution in [2.45, 2.75) is 32.5 Å². The number of rotatable bonds is 8. The third kappa shape index (κ3) is 7.14. The minimum absolute atomic E-state index is 0.0156. The van der Waals surface area contributed by atoms with E-state index in [-0.39, 0.29) is 26.0 Å². The summed E-state index contributed by atoms with van der Waals surface area (Å²) in [4.78, 5) is 9.35. The molecule has 1 aliphatic heterocycles. The Labute approximate surface area is 346 Å². The van der Waals surface area contributed by atoms with Crippen LogP contribution in [0.15, 0.2) is 140 Å². The van der Waals surface area contributed by atoms with E-state index in [2.05, 4.69) is 221 Å². The first-order chi connectivity index (χ1) is 27.5. The summed E-state index contributed by atoms with van der Waals surface area (Å²) in [5.74, 6) is 0. The molecule has 1 aliphatic rings. The first kappa shape index (κ1) is 38.9. The number of benzene rings is 6. The molecule has 1 saturated heterocycles. The third-order valence-electron chi connectivity index (χ3n) is 10.7. The molecule has 3 heterocycles. The van der Waals surface area contributed by atoms with Gasteiger partial charge in [-0.05, 0) is 20.3 Å². The molecule has 8 nitrogen and oxygen atoms in total. The van der Waals surface area contributed by atoms with Gasteiger partial charge in [-0.3, -0.25) is 0 Å². The van der Waals surface area contributed by atoms with Gasteiger partial charge in [-0.1, -0.05) is 0 Å². The molecule has 0 amide bonds. The van der Waals surface area contributed by atoms with Crippen LogP contribution in [0, 0.1) is 6.07 Å². The van der Waals surface area contributed by atoms with Crippen LogP contribution in [-0.2, 0) is 18.7 Å². The van der Waals surface area contributed by atoms with Crippen molar-refractivity contribution in [2.75, 3.05) is 37.8 Å². The number of nitrogens with zero attached hydrogens (tertiary/aromatic N) is 6. The van der Waals surface area contributed by atoms with Crippen LogP contribution in [0.4, 0.5) is 11.4 Å². The fourth-order valence-corrected chi connectivity index (χ4v) is 9.22. The van der Waals surface area contributed by atoms with Gasteiger partial charge in [0.2, 0.25) is 0 Å². The number of para-hydroxylation sites is 4. The van der Waals surface area contributed by atoms with Crippen molar-refractivity contribution in [1.29, 1.82) is 0 Å². The molecule has 2 unspecified atom stereocenters. The number of aliphatic hydroxyl groups excluding tert-OH is 2. The Bertz CT molecular complexity index is 2400. The normalized spacial score (nSPS) is 14.5. The van der Waals surface area contributed by atoms with Gasteiger partial charge in [-0.2, -0.15) is 0 Å². The van der Waals surface area contributed by atoms with Gasteiger partial charge in [0.1, 0.15) is 0 Å². The zero-order chi connectivity index (χ0) is 40.0. The summed E-state index contributed by atoms with van der Waals surface area (Å²) < 4.78 is 5.72. The van der Waals surface area contributed by atoms with Gasteiger partial charge < -0.3 is 10.2 Å². The molecule has 1 fully saturated rings. The summed E-state index contributed by atoms with van der Waals surface area (Å²) in [7, 11) is 8.62. The number of anilines is 2. The fraction of sp³-hybridized carbons (Fsp3) is 0.196. The van der Waals surface area contributed by atoms with Crippen LogP contribution in [0.25, 0.3) is 55.0 Å². The second-order valence-corrected chi connectivity index (χ2v) is 16.1. The van der Waals surface area contributed by atoms with E-state index in [0.29, 0.717) is 6.42 Å². The van der Waals surface area contributed by atoms with Crippen molar-refractivity contribution >= 4 is 73.0 Å². The van der Waals surface area contributed by atoms with Crippen molar-refractivity contribution < 1.29 is 29.0 Å². The van der Waals surface area contributed by atoms with Gasteiger partial charge in [0, 0.05) is 0 Å². The molecule has 8 aromatic rings. The molecule has 0 saturated carbocycles. The average Bonchev–Trinajstić information content (AvgIpc) is 3.83. The molecule has 57 heavy (non-hydrogen) atoms. The van der Waals surface area contributed by atoms with E-state index in [1.807, 2.05) is 0 Å². The summed E-state index contributed by atoms with van der Waals surface area (Å²) in [6.45, 7) is 3.36. The van der Waals surface area contributed by atoms with Gasteiger partial charge >= 0.3 is 305 Å². The number of hydrogen-bond acceptors (Lipinski definition) is 6. The molecule has 9 rings (SSSR count). The molecule has 6 aromatic carbocycles. The standard InChI is InChI=1S/C41H35B2N6.C5H12O2.Pd/c1-44(2)42-43(45(3)4)47(31-23-27-33(28-24-31)49-40-19-11-7-15-36(40)37-16-8-12-20-41(37)49)29-46(42)30-21-25-32(26-22-30)48-38-17-9-5-13-34(38)35-14-6-10-18-39(35)48;1-4(6)3-5(2)7;/h5-23,25-28H,1-4H3;4-7H,3H2,1-2H3;/q-1;;. The summed E-state index contributed by atoms with van der Waals surface area (Å²) in [6, 6.07) is 53.8. The number of fused-ring (bicyclic) bond motifs is 6. The van der Waals surface area contributed by atoms with Crippen molar-refractivity contribution in [1.82, 2.24) is 18.8 Å². The van der Waals surface area contributed by atoms with E-state index in [9.17, 15) is 0 Å². The maximum atomic E-state index is 8.56. The predicted octanol–water partition coefficient (Wildman–Crippen LogP) is 7.96. The molecule has 290 valence electrons. The molecule has 2 atom stereocenters. The first-order valence-electron chi connectivity index (χ1n) is 19.4. The molecule has 0 bridgehead atoms. The van der Waals surface area contributed by atoms with E-state index in [0.717, 1.165) is 27.0 Å². The van der Waals surface area contributed by atoms with Gasteiger partial charge in [0.25, 0.3) is 0 Å². The molecule has 11 heteroatoms. The van der Waals surface area contributed by atoms with Crippen molar-refractivity contribution in [2.24, 2.45) is 0 Å². The molecule has 0 aliphatic carbocycles. The molecule has 0 spiro atoms. The summed E-state index contributed by atoms with van der Waals surface area (Å²) in [6.07, 6.45) is -0.278. The number of hydrogen-bond donors (Lipinski definition) is 2. The second-order valence-electron chi connectivity index (χ2n) is 15.4. The van der Waals surface area contributed by atoms with Gasteiger partial charge in [-0.15, -0.1) is 0 Å². The van der Waals surface area contributed by atoms with Crippen LogP contribution in [0.3, 0.4) is 0 Å². The van der Waals surface area contributed by atoms with Crippen LogP contribution in [-0.4, -0.2) is 87.3 Å². The van der Waals surface area contributed by atoms with E-state index >= 15 is 0 Å². The SMILES string of the molecule is CC(O)CC(C)O.CN(C)B1B(N(C)C)N(c2ccc(-n3c4ccccc4c4ccccc43)cc2)[C](=[Pd])N1c1[c-]cc(-n2c3ccccc3c3ccccc32)cc1. The van der Waals surface area contributed by atoms with Crippen LogP contribution < -0.4 is 9.62 Å². The molecule has 2 N–H and O–H groups in total. The van der Waals surface area contributed by atoms with E-state index < -0.39 is 0 Å². The quantitative estimate of drug-likeness (QED) is 0.120. The second kappa shape index (κ2) is 16.1. The summed E-state index contributed by atoms with van der Waals surface area (Å²) >= 11 is 3.72. The predicted molar refractivity (Wildman–Crippen MR) is 237 cm³/mol. The van der Waals surface area contributed by atoms with Crippen molar-refractivity contribution in [3.63, 3.8) is 0 Å². The first-order valence-corrected chi connectivity index (χ1v) is 20.2.